The summed E-state index contributed by atoms with van der Waals surface area (Å²) >= 11 is 0. The van der Waals surface area contributed by atoms with E-state index in [-0.39, 0.29) is 0 Å². The third kappa shape index (κ3) is 7.72. The van der Waals surface area contributed by atoms with E-state index in [2.05, 4.69) is 72.8 Å². The molecule has 6 bridgehead atoms. The van der Waals surface area contributed by atoms with Crippen LogP contribution in [0.1, 0.15) is 33.4 Å². The predicted octanol–water partition coefficient (Wildman–Crippen LogP) is 9.24. The zero-order chi connectivity index (χ0) is 20.4. The molecule has 4 aliphatic rings. The summed E-state index contributed by atoms with van der Waals surface area (Å²) in [7, 11) is 11.7. The Morgan fingerprint density at radius 2 is 0.400 bits per heavy atom. The van der Waals surface area contributed by atoms with Crippen LogP contribution in [0.4, 0.5) is 0 Å². The lowest BCUT2D eigenvalue weighted by molar-refractivity contribution is 1.34. The lowest BCUT2D eigenvalue weighted by atomic mass is 10.2. The SMILES string of the molecule is c1cc2ccc1CSSCc1ccc(cc1)CSSCc1ccc(cc1)CSSC2. The average Bonchev–Trinajstić information content (AvgIpc) is 2.79. The number of benzene rings is 3. The standard InChI is InChI=1S/C24H24S6/c1-2-20-4-3-19(1)13-25-27-15-21-5-7-23(8-6-21)17-29-30-18-24-11-9-22(10-12-24)16-28-26-14-20/h1-12H,13-18H2. The average molecular weight is 505 g/mol. The Balaban J connectivity index is 1.39. The van der Waals surface area contributed by atoms with Gasteiger partial charge >= 0.3 is 0 Å². The molecular weight excluding hydrogens is 481 g/mol. The highest BCUT2D eigenvalue weighted by molar-refractivity contribution is 8.76. The van der Waals surface area contributed by atoms with Gasteiger partial charge in [0.1, 0.15) is 0 Å². The topological polar surface area (TPSA) is 0 Å². The van der Waals surface area contributed by atoms with Crippen LogP contribution < -0.4 is 0 Å². The summed E-state index contributed by atoms with van der Waals surface area (Å²) in [6, 6.07) is 27.4. The van der Waals surface area contributed by atoms with Crippen molar-refractivity contribution in [1.29, 1.82) is 0 Å². The van der Waals surface area contributed by atoms with Gasteiger partial charge in [0.25, 0.3) is 0 Å². The van der Waals surface area contributed by atoms with E-state index < -0.39 is 0 Å². The highest BCUT2D eigenvalue weighted by Gasteiger charge is 2.02. The minimum absolute atomic E-state index is 1.06. The zero-order valence-corrected chi connectivity index (χ0v) is 21.5. The molecule has 4 aliphatic heterocycles. The fourth-order valence-electron chi connectivity index (χ4n) is 2.85. The second kappa shape index (κ2) is 12.7. The van der Waals surface area contributed by atoms with Crippen molar-refractivity contribution in [3.8, 4) is 0 Å². The van der Waals surface area contributed by atoms with Gasteiger partial charge in [-0.2, -0.15) is 0 Å². The van der Waals surface area contributed by atoms with Gasteiger partial charge in [0, 0.05) is 34.5 Å². The summed E-state index contributed by atoms with van der Waals surface area (Å²) < 4.78 is 0. The van der Waals surface area contributed by atoms with Crippen LogP contribution in [0.25, 0.3) is 0 Å². The summed E-state index contributed by atoms with van der Waals surface area (Å²) in [5, 5.41) is 0. The van der Waals surface area contributed by atoms with Crippen LogP contribution in [-0.2, 0) is 34.5 Å². The first-order valence-electron chi connectivity index (χ1n) is 9.82. The van der Waals surface area contributed by atoms with E-state index in [1.807, 2.05) is 64.8 Å². The number of hydrogen-bond acceptors (Lipinski definition) is 6. The fraction of sp³-hybridized carbons (Fsp3) is 0.250. The van der Waals surface area contributed by atoms with Gasteiger partial charge in [0.2, 0.25) is 0 Å². The monoisotopic (exact) mass is 504 g/mol. The van der Waals surface area contributed by atoms with Gasteiger partial charge in [-0.15, -0.1) is 0 Å². The molecule has 0 aromatic heterocycles. The lowest BCUT2D eigenvalue weighted by Crippen LogP contribution is -1.85. The molecule has 0 spiro atoms. The van der Waals surface area contributed by atoms with Gasteiger partial charge in [0.15, 0.2) is 0 Å². The van der Waals surface area contributed by atoms with Crippen molar-refractivity contribution in [2.75, 3.05) is 0 Å². The summed E-state index contributed by atoms with van der Waals surface area (Å²) in [4.78, 5) is 0. The molecule has 7 rings (SSSR count). The molecule has 156 valence electrons. The van der Waals surface area contributed by atoms with Gasteiger partial charge in [-0.3, -0.25) is 0 Å². The Labute approximate surface area is 204 Å². The van der Waals surface area contributed by atoms with Crippen LogP contribution in [0, 0.1) is 0 Å². The highest BCUT2D eigenvalue weighted by atomic mass is 33.1. The maximum absolute atomic E-state index is 2.29. The smallest absolute Gasteiger partial charge is 0.0288 e. The Kier molecular flexibility index (Phi) is 9.72. The third-order valence-corrected chi connectivity index (χ3v) is 11.5. The van der Waals surface area contributed by atoms with Crippen LogP contribution in [-0.4, -0.2) is 0 Å². The van der Waals surface area contributed by atoms with Crippen molar-refractivity contribution in [3.05, 3.63) is 106 Å². The molecule has 0 saturated heterocycles. The van der Waals surface area contributed by atoms with Crippen molar-refractivity contribution in [1.82, 2.24) is 0 Å². The molecule has 4 heterocycles. The largest absolute Gasteiger partial charge is 0.0890 e. The molecule has 0 saturated carbocycles. The van der Waals surface area contributed by atoms with E-state index in [0.717, 1.165) is 34.5 Å². The van der Waals surface area contributed by atoms with Crippen LogP contribution >= 0.6 is 64.8 Å². The molecule has 0 aliphatic carbocycles. The van der Waals surface area contributed by atoms with E-state index in [1.165, 1.54) is 33.4 Å². The molecule has 0 atom stereocenters. The highest BCUT2D eigenvalue weighted by Crippen LogP contribution is 2.33. The van der Waals surface area contributed by atoms with Crippen LogP contribution in [0.15, 0.2) is 72.8 Å². The first kappa shape index (κ1) is 22.9. The lowest BCUT2D eigenvalue weighted by Gasteiger charge is -2.07. The first-order valence-corrected chi connectivity index (χ1v) is 17.3. The molecule has 30 heavy (non-hydrogen) atoms. The van der Waals surface area contributed by atoms with E-state index >= 15 is 0 Å². The first-order chi connectivity index (χ1) is 14.8. The molecule has 6 heteroatoms. The van der Waals surface area contributed by atoms with Crippen molar-refractivity contribution in [2.45, 2.75) is 34.5 Å². The molecule has 0 amide bonds. The van der Waals surface area contributed by atoms with Gasteiger partial charge in [-0.05, 0) is 33.4 Å². The minimum Gasteiger partial charge on any atom is -0.0890 e. The molecule has 0 radical (unpaired) electrons. The fourth-order valence-corrected chi connectivity index (χ4v) is 9.27. The number of hydrogen-bond donors (Lipinski definition) is 0. The molecule has 0 fully saturated rings. The molecule has 0 nitrogen and oxygen atoms in total. The predicted molar refractivity (Wildman–Crippen MR) is 147 cm³/mol. The Bertz CT molecular complexity index is 693. The van der Waals surface area contributed by atoms with Crippen LogP contribution in [0.3, 0.4) is 0 Å². The van der Waals surface area contributed by atoms with Gasteiger partial charge in [0.05, 0.1) is 0 Å². The molecule has 0 N–H and O–H groups in total. The third-order valence-electron chi connectivity index (χ3n) is 4.67. The van der Waals surface area contributed by atoms with Gasteiger partial charge in [-0.25, -0.2) is 0 Å². The normalized spacial score (nSPS) is 16.4. The number of fused-ring (bicyclic) bond motifs is 2. The molecule has 3 aromatic rings. The van der Waals surface area contributed by atoms with Crippen LogP contribution in [0.2, 0.25) is 0 Å². The number of rotatable bonds is 0. The minimum atomic E-state index is 1.06. The van der Waals surface area contributed by atoms with Gasteiger partial charge in [-0.1, -0.05) is 138 Å². The molecule has 0 unspecified atom stereocenters. The summed E-state index contributed by atoms with van der Waals surface area (Å²) in [6.07, 6.45) is 0. The second-order valence-electron chi connectivity index (χ2n) is 7.02. The van der Waals surface area contributed by atoms with E-state index in [4.69, 9.17) is 0 Å². The van der Waals surface area contributed by atoms with E-state index in [0.29, 0.717) is 0 Å². The summed E-state index contributed by atoms with van der Waals surface area (Å²) in [5.41, 5.74) is 8.46. The molecular formula is C24H24S6. The van der Waals surface area contributed by atoms with Crippen molar-refractivity contribution in [3.63, 3.8) is 0 Å². The van der Waals surface area contributed by atoms with Crippen molar-refractivity contribution in [2.24, 2.45) is 0 Å². The second-order valence-corrected chi connectivity index (χ2v) is 14.4. The van der Waals surface area contributed by atoms with Crippen LogP contribution in [0.5, 0.6) is 0 Å². The van der Waals surface area contributed by atoms with E-state index in [1.54, 1.807) is 0 Å². The van der Waals surface area contributed by atoms with Crippen molar-refractivity contribution < 1.29 is 0 Å². The molecule has 3 aromatic carbocycles. The Morgan fingerprint density at radius 1 is 0.267 bits per heavy atom. The Morgan fingerprint density at radius 3 is 0.533 bits per heavy atom. The maximum Gasteiger partial charge on any atom is 0.0288 e. The summed E-state index contributed by atoms with van der Waals surface area (Å²) in [6.45, 7) is 0. The van der Waals surface area contributed by atoms with Crippen molar-refractivity contribution >= 4 is 64.8 Å². The van der Waals surface area contributed by atoms with Gasteiger partial charge < -0.3 is 0 Å². The Hall–Kier alpha value is -0.240. The summed E-state index contributed by atoms with van der Waals surface area (Å²) in [5.74, 6) is 6.39. The quantitative estimate of drug-likeness (QED) is 0.278. The zero-order valence-electron chi connectivity index (χ0n) is 16.6. The van der Waals surface area contributed by atoms with E-state index in [9.17, 15) is 0 Å². The maximum atomic E-state index is 2.29.